The molecule has 1 unspecified atom stereocenters. The van der Waals surface area contributed by atoms with E-state index < -0.39 is 0 Å². The highest BCUT2D eigenvalue weighted by Crippen LogP contribution is 2.36. The number of nitrogens with two attached hydrogens (primary N) is 1. The second-order valence-corrected chi connectivity index (χ2v) is 5.64. The van der Waals surface area contributed by atoms with Gasteiger partial charge in [-0.15, -0.1) is 0 Å². The second-order valence-electron chi connectivity index (χ2n) is 5.20. The van der Waals surface area contributed by atoms with Crippen molar-refractivity contribution in [2.45, 2.75) is 12.0 Å². The molecule has 3 rings (SSSR count). The lowest BCUT2D eigenvalue weighted by Gasteiger charge is -2.36. The molecule has 0 radical (unpaired) electrons. The summed E-state index contributed by atoms with van der Waals surface area (Å²) in [5.41, 5.74) is 7.13. The molecule has 1 fully saturated rings. The van der Waals surface area contributed by atoms with E-state index in [1.807, 2.05) is 24.3 Å². The van der Waals surface area contributed by atoms with Crippen LogP contribution in [-0.2, 0) is 0 Å². The number of halogens is 1. The summed E-state index contributed by atoms with van der Waals surface area (Å²) < 4.78 is 0. The van der Waals surface area contributed by atoms with Crippen LogP contribution in [-0.4, -0.2) is 43.1 Å². The van der Waals surface area contributed by atoms with Crippen molar-refractivity contribution in [1.82, 2.24) is 4.90 Å². The lowest BCUT2D eigenvalue weighted by atomic mass is 9.97. The van der Waals surface area contributed by atoms with Crippen LogP contribution in [0.4, 0.5) is 5.69 Å². The van der Waals surface area contributed by atoms with Crippen LogP contribution in [0.5, 0.6) is 0 Å². The third kappa shape index (κ3) is 1.76. The number of anilines is 1. The molecular formula is C13H17ClN4. The van der Waals surface area contributed by atoms with E-state index in [4.69, 9.17) is 17.3 Å². The van der Waals surface area contributed by atoms with Gasteiger partial charge >= 0.3 is 0 Å². The van der Waals surface area contributed by atoms with Crippen LogP contribution < -0.4 is 10.6 Å². The van der Waals surface area contributed by atoms with Gasteiger partial charge in [-0.25, -0.2) is 0 Å². The average molecular weight is 265 g/mol. The molecule has 4 nitrogen and oxygen atoms in total. The standard InChI is InChI=1S/C13H17ClN4/c1-17-6-5-13(9-17)8-16-12(15)18(13)11-4-2-3-10(14)7-11/h2-4,7H,5-6,8-9H2,1H3,(H2,15,16). The number of aliphatic imine (C=N–C) groups is 1. The molecule has 0 aliphatic carbocycles. The first kappa shape index (κ1) is 11.8. The minimum Gasteiger partial charge on any atom is -0.369 e. The molecule has 2 heterocycles. The third-order valence-corrected chi connectivity index (χ3v) is 4.06. The number of hydrogen-bond acceptors (Lipinski definition) is 4. The summed E-state index contributed by atoms with van der Waals surface area (Å²) in [5.74, 6) is 0.604. The predicted molar refractivity (Wildman–Crippen MR) is 75.3 cm³/mol. The zero-order valence-electron chi connectivity index (χ0n) is 10.4. The summed E-state index contributed by atoms with van der Waals surface area (Å²) in [5, 5.41) is 0.730. The number of likely N-dealkylation sites (N-methyl/N-ethyl adjacent to an activating group) is 1. The fourth-order valence-corrected chi connectivity index (χ4v) is 3.19. The Balaban J connectivity index is 2.00. The molecule has 2 aliphatic heterocycles. The molecule has 0 aromatic heterocycles. The van der Waals surface area contributed by atoms with Crippen molar-refractivity contribution in [3.63, 3.8) is 0 Å². The van der Waals surface area contributed by atoms with E-state index in [2.05, 4.69) is 21.8 Å². The van der Waals surface area contributed by atoms with Crippen molar-refractivity contribution in [2.24, 2.45) is 10.7 Å². The first-order chi connectivity index (χ1) is 8.61. The van der Waals surface area contributed by atoms with Gasteiger partial charge in [0.05, 0.1) is 12.1 Å². The largest absolute Gasteiger partial charge is 0.369 e. The molecule has 1 atom stereocenters. The number of rotatable bonds is 1. The van der Waals surface area contributed by atoms with Gasteiger partial charge in [0.25, 0.3) is 0 Å². The van der Waals surface area contributed by atoms with Gasteiger partial charge in [0.15, 0.2) is 5.96 Å². The molecule has 1 spiro atoms. The van der Waals surface area contributed by atoms with Gasteiger partial charge < -0.3 is 15.5 Å². The highest BCUT2D eigenvalue weighted by Gasteiger charge is 2.47. The summed E-state index contributed by atoms with van der Waals surface area (Å²) in [4.78, 5) is 8.92. The van der Waals surface area contributed by atoms with E-state index in [-0.39, 0.29) is 5.54 Å². The molecular weight excluding hydrogens is 248 g/mol. The van der Waals surface area contributed by atoms with Crippen LogP contribution in [0.3, 0.4) is 0 Å². The Labute approximate surface area is 112 Å². The molecule has 18 heavy (non-hydrogen) atoms. The Kier molecular flexibility index (Phi) is 2.72. The molecule has 2 N–H and O–H groups in total. The number of nitrogens with zero attached hydrogens (tertiary/aromatic N) is 3. The quantitative estimate of drug-likeness (QED) is 0.837. The number of hydrogen-bond donors (Lipinski definition) is 1. The lowest BCUT2D eigenvalue weighted by molar-refractivity contribution is 0.379. The minimum absolute atomic E-state index is 0.0174. The maximum absolute atomic E-state index is 6.08. The normalized spacial score (nSPS) is 28.1. The molecule has 5 heteroatoms. The molecule has 1 saturated heterocycles. The van der Waals surface area contributed by atoms with Crippen molar-refractivity contribution >= 4 is 23.2 Å². The van der Waals surface area contributed by atoms with Crippen molar-refractivity contribution in [1.29, 1.82) is 0 Å². The molecule has 96 valence electrons. The molecule has 0 saturated carbocycles. The number of likely N-dealkylation sites (tertiary alicyclic amines) is 1. The predicted octanol–water partition coefficient (Wildman–Crippen LogP) is 1.55. The van der Waals surface area contributed by atoms with Gasteiger partial charge in [-0.05, 0) is 31.7 Å². The fourth-order valence-electron chi connectivity index (χ4n) is 3.01. The summed E-state index contributed by atoms with van der Waals surface area (Å²) in [6.07, 6.45) is 1.08. The molecule has 1 aromatic rings. The Hall–Kier alpha value is -1.26. The van der Waals surface area contributed by atoms with Crippen molar-refractivity contribution in [3.05, 3.63) is 29.3 Å². The van der Waals surface area contributed by atoms with Crippen LogP contribution in [0, 0.1) is 0 Å². The Morgan fingerprint density at radius 2 is 2.28 bits per heavy atom. The Morgan fingerprint density at radius 3 is 2.94 bits per heavy atom. The van der Waals surface area contributed by atoms with Crippen LogP contribution in [0.25, 0.3) is 0 Å². The molecule has 2 aliphatic rings. The van der Waals surface area contributed by atoms with E-state index in [1.54, 1.807) is 0 Å². The van der Waals surface area contributed by atoms with E-state index in [9.17, 15) is 0 Å². The van der Waals surface area contributed by atoms with Crippen LogP contribution in [0.15, 0.2) is 29.3 Å². The topological polar surface area (TPSA) is 44.9 Å². The van der Waals surface area contributed by atoms with Crippen LogP contribution >= 0.6 is 11.6 Å². The van der Waals surface area contributed by atoms with E-state index >= 15 is 0 Å². The summed E-state index contributed by atoms with van der Waals surface area (Å²) in [6.45, 7) is 2.85. The van der Waals surface area contributed by atoms with Gasteiger partial charge in [-0.2, -0.15) is 0 Å². The van der Waals surface area contributed by atoms with E-state index in [1.165, 1.54) is 0 Å². The molecule has 1 aromatic carbocycles. The lowest BCUT2D eigenvalue weighted by Crippen LogP contribution is -2.53. The van der Waals surface area contributed by atoms with Gasteiger partial charge in [0.2, 0.25) is 0 Å². The van der Waals surface area contributed by atoms with Gasteiger partial charge in [-0.3, -0.25) is 4.99 Å². The first-order valence-corrected chi connectivity index (χ1v) is 6.53. The summed E-state index contributed by atoms with van der Waals surface area (Å²) in [6, 6.07) is 7.83. The van der Waals surface area contributed by atoms with Gasteiger partial charge in [-0.1, -0.05) is 17.7 Å². The fraction of sp³-hybridized carbons (Fsp3) is 0.462. The SMILES string of the molecule is CN1CCC2(CN=C(N)N2c2cccc(Cl)c2)C1. The van der Waals surface area contributed by atoms with E-state index in [0.29, 0.717) is 5.96 Å². The Bertz CT molecular complexity index is 502. The average Bonchev–Trinajstić information content (AvgIpc) is 2.84. The zero-order valence-corrected chi connectivity index (χ0v) is 11.2. The summed E-state index contributed by atoms with van der Waals surface area (Å²) >= 11 is 6.08. The van der Waals surface area contributed by atoms with E-state index in [0.717, 1.165) is 36.8 Å². The third-order valence-electron chi connectivity index (χ3n) is 3.83. The molecule has 0 amide bonds. The maximum Gasteiger partial charge on any atom is 0.196 e. The van der Waals surface area contributed by atoms with Crippen molar-refractivity contribution in [3.8, 4) is 0 Å². The maximum atomic E-state index is 6.08. The smallest absolute Gasteiger partial charge is 0.196 e. The highest BCUT2D eigenvalue weighted by molar-refractivity contribution is 6.31. The van der Waals surface area contributed by atoms with Crippen molar-refractivity contribution < 1.29 is 0 Å². The van der Waals surface area contributed by atoms with Gasteiger partial charge in [0.1, 0.15) is 0 Å². The summed E-state index contributed by atoms with van der Waals surface area (Å²) in [7, 11) is 2.14. The minimum atomic E-state index is 0.0174. The van der Waals surface area contributed by atoms with Crippen molar-refractivity contribution in [2.75, 3.05) is 31.6 Å². The second kappa shape index (κ2) is 4.14. The van der Waals surface area contributed by atoms with Gasteiger partial charge in [0, 0.05) is 23.8 Å². The molecule has 0 bridgehead atoms. The highest BCUT2D eigenvalue weighted by atomic mass is 35.5. The number of guanidine groups is 1. The number of benzene rings is 1. The Morgan fingerprint density at radius 1 is 1.44 bits per heavy atom. The van der Waals surface area contributed by atoms with Crippen LogP contribution in [0.1, 0.15) is 6.42 Å². The van der Waals surface area contributed by atoms with Crippen LogP contribution in [0.2, 0.25) is 5.02 Å². The zero-order chi connectivity index (χ0) is 12.8. The first-order valence-electron chi connectivity index (χ1n) is 6.15. The monoisotopic (exact) mass is 264 g/mol.